The Morgan fingerprint density at radius 2 is 2.00 bits per heavy atom. The highest BCUT2D eigenvalue weighted by Crippen LogP contribution is 2.30. The number of hydrogen-bond donors (Lipinski definition) is 2. The van der Waals surface area contributed by atoms with Crippen LogP contribution in [0.4, 0.5) is 0 Å². The monoisotopic (exact) mass is 441 g/mol. The summed E-state index contributed by atoms with van der Waals surface area (Å²) >= 11 is 1.87. The van der Waals surface area contributed by atoms with Crippen molar-refractivity contribution >= 4 is 42.1 Å². The van der Waals surface area contributed by atoms with E-state index in [1.165, 1.54) is 16.0 Å². The zero-order chi connectivity index (χ0) is 17.9. The molecule has 0 aliphatic carbocycles. The first-order valence-corrected chi connectivity index (χ1v) is 10.4. The second-order valence-corrected chi connectivity index (χ2v) is 8.47. The summed E-state index contributed by atoms with van der Waals surface area (Å²) in [6, 6.07) is 13.1. The van der Waals surface area contributed by atoms with Crippen LogP contribution in [0.5, 0.6) is 0 Å². The molecule has 4 rings (SSSR count). The molecule has 0 bridgehead atoms. The normalized spacial score (nSPS) is 18.6. The van der Waals surface area contributed by atoms with Crippen LogP contribution in [-0.4, -0.2) is 37.0 Å². The summed E-state index contributed by atoms with van der Waals surface area (Å²) in [7, 11) is 0. The first kappa shape index (κ1) is 23.2. The van der Waals surface area contributed by atoms with Gasteiger partial charge in [0.05, 0.1) is 6.04 Å². The van der Waals surface area contributed by atoms with Gasteiger partial charge in [-0.05, 0) is 48.0 Å². The lowest BCUT2D eigenvalue weighted by atomic mass is 9.88. The number of thiophene rings is 1. The van der Waals surface area contributed by atoms with E-state index >= 15 is 0 Å². The molecule has 7 heteroatoms. The van der Waals surface area contributed by atoms with E-state index in [0.717, 1.165) is 32.6 Å². The van der Waals surface area contributed by atoms with Crippen LogP contribution in [0.15, 0.2) is 41.8 Å². The molecule has 2 aromatic rings. The molecule has 2 aliphatic heterocycles. The standard InChI is InChI=1S/C21H27N3OS.2ClH/c1-15(18-11-22-12-18)21(25)23-13-19(16-5-3-2-4-6-16)24-9-7-20-17(14-24)8-10-26-20;;/h2-6,8,10,15,18-19,22H,7,9,11-14H2,1H3,(H,23,25);2*1H. The number of amides is 1. The Balaban J connectivity index is 0.00000140. The van der Waals surface area contributed by atoms with Crippen LogP contribution in [-0.2, 0) is 17.8 Å². The van der Waals surface area contributed by atoms with Gasteiger partial charge < -0.3 is 10.6 Å². The third kappa shape index (κ3) is 5.08. The minimum atomic E-state index is 0. The topological polar surface area (TPSA) is 44.4 Å². The largest absolute Gasteiger partial charge is 0.354 e. The lowest BCUT2D eigenvalue weighted by Crippen LogP contribution is -2.50. The fraction of sp³-hybridized carbons (Fsp3) is 0.476. The van der Waals surface area contributed by atoms with Gasteiger partial charge in [0.25, 0.3) is 0 Å². The molecule has 0 spiro atoms. The number of hydrogen-bond acceptors (Lipinski definition) is 4. The highest BCUT2D eigenvalue weighted by molar-refractivity contribution is 7.10. The fourth-order valence-electron chi connectivity index (χ4n) is 3.91. The van der Waals surface area contributed by atoms with E-state index in [0.29, 0.717) is 12.5 Å². The average molecular weight is 442 g/mol. The zero-order valence-corrected chi connectivity index (χ0v) is 18.5. The van der Waals surface area contributed by atoms with Crippen molar-refractivity contribution in [3.05, 3.63) is 57.8 Å². The third-order valence-corrected chi connectivity index (χ3v) is 6.89. The van der Waals surface area contributed by atoms with Crippen LogP contribution in [0, 0.1) is 11.8 Å². The van der Waals surface area contributed by atoms with E-state index < -0.39 is 0 Å². The van der Waals surface area contributed by atoms with E-state index in [1.807, 2.05) is 11.3 Å². The van der Waals surface area contributed by atoms with E-state index in [-0.39, 0.29) is 42.7 Å². The first-order chi connectivity index (χ1) is 12.7. The molecule has 3 heterocycles. The number of nitrogens with zero attached hydrogens (tertiary/aromatic N) is 1. The average Bonchev–Trinajstić information content (AvgIpc) is 3.09. The summed E-state index contributed by atoms with van der Waals surface area (Å²) in [5.41, 5.74) is 2.73. The summed E-state index contributed by atoms with van der Waals surface area (Å²) < 4.78 is 0. The highest BCUT2D eigenvalue weighted by atomic mass is 35.5. The summed E-state index contributed by atoms with van der Waals surface area (Å²) in [6.07, 6.45) is 1.11. The summed E-state index contributed by atoms with van der Waals surface area (Å²) in [5.74, 6) is 0.747. The SMILES string of the molecule is CC(C(=O)NCC(c1ccccc1)N1CCc2sccc2C1)C1CNC1.Cl.Cl. The summed E-state index contributed by atoms with van der Waals surface area (Å²) in [6.45, 7) is 6.67. The molecule has 1 aromatic heterocycles. The second-order valence-electron chi connectivity index (χ2n) is 7.47. The van der Waals surface area contributed by atoms with Crippen molar-refractivity contribution in [3.63, 3.8) is 0 Å². The van der Waals surface area contributed by atoms with Gasteiger partial charge in [0.15, 0.2) is 0 Å². The van der Waals surface area contributed by atoms with Crippen molar-refractivity contribution in [2.45, 2.75) is 25.9 Å². The van der Waals surface area contributed by atoms with Crippen molar-refractivity contribution in [1.82, 2.24) is 15.5 Å². The third-order valence-electron chi connectivity index (χ3n) is 5.87. The van der Waals surface area contributed by atoms with Gasteiger partial charge in [0.1, 0.15) is 0 Å². The molecular formula is C21H29Cl2N3OS. The van der Waals surface area contributed by atoms with Gasteiger partial charge in [-0.2, -0.15) is 0 Å². The molecule has 0 radical (unpaired) electrons. The molecule has 2 atom stereocenters. The number of carbonyl (C=O) groups excluding carboxylic acids is 1. The predicted octanol–water partition coefficient (Wildman–Crippen LogP) is 3.66. The van der Waals surface area contributed by atoms with Crippen LogP contribution in [0.25, 0.3) is 0 Å². The van der Waals surface area contributed by atoms with Crippen LogP contribution in [0.2, 0.25) is 0 Å². The molecule has 2 N–H and O–H groups in total. The molecule has 1 amide bonds. The quantitative estimate of drug-likeness (QED) is 0.718. The number of carbonyl (C=O) groups is 1. The smallest absolute Gasteiger partial charge is 0.223 e. The van der Waals surface area contributed by atoms with Gasteiger partial charge in [-0.1, -0.05) is 37.3 Å². The number of benzene rings is 1. The molecule has 154 valence electrons. The summed E-state index contributed by atoms with van der Waals surface area (Å²) in [4.78, 5) is 16.6. The molecule has 2 unspecified atom stereocenters. The van der Waals surface area contributed by atoms with Crippen LogP contribution in [0.1, 0.15) is 29.0 Å². The zero-order valence-electron chi connectivity index (χ0n) is 16.1. The lowest BCUT2D eigenvalue weighted by Gasteiger charge is -2.36. The van der Waals surface area contributed by atoms with Gasteiger partial charge in [0.2, 0.25) is 5.91 Å². The number of fused-ring (bicyclic) bond motifs is 1. The van der Waals surface area contributed by atoms with Gasteiger partial charge >= 0.3 is 0 Å². The Bertz CT molecular complexity index is 751. The van der Waals surface area contributed by atoms with E-state index in [1.54, 1.807) is 0 Å². The number of nitrogens with one attached hydrogen (secondary N) is 2. The van der Waals surface area contributed by atoms with E-state index in [9.17, 15) is 4.79 Å². The van der Waals surface area contributed by atoms with E-state index in [4.69, 9.17) is 0 Å². The second kappa shape index (κ2) is 10.6. The van der Waals surface area contributed by atoms with Crippen molar-refractivity contribution in [3.8, 4) is 0 Å². The maximum Gasteiger partial charge on any atom is 0.223 e. The van der Waals surface area contributed by atoms with Crippen molar-refractivity contribution in [1.29, 1.82) is 0 Å². The Hall–Kier alpha value is -1.11. The Kier molecular flexibility index (Phi) is 8.78. The van der Waals surface area contributed by atoms with Crippen LogP contribution < -0.4 is 10.6 Å². The molecule has 4 nitrogen and oxygen atoms in total. The van der Waals surface area contributed by atoms with Crippen molar-refractivity contribution in [2.75, 3.05) is 26.2 Å². The van der Waals surface area contributed by atoms with Crippen LogP contribution >= 0.6 is 36.2 Å². The van der Waals surface area contributed by atoms with Crippen LogP contribution in [0.3, 0.4) is 0 Å². The molecule has 1 fully saturated rings. The lowest BCUT2D eigenvalue weighted by molar-refractivity contribution is -0.127. The fourth-order valence-corrected chi connectivity index (χ4v) is 4.80. The summed E-state index contributed by atoms with van der Waals surface area (Å²) in [5, 5.41) is 8.69. The Morgan fingerprint density at radius 3 is 2.68 bits per heavy atom. The van der Waals surface area contributed by atoms with E-state index in [2.05, 4.69) is 64.2 Å². The first-order valence-electron chi connectivity index (χ1n) is 9.55. The predicted molar refractivity (Wildman–Crippen MR) is 121 cm³/mol. The van der Waals surface area contributed by atoms with Gasteiger partial charge in [0, 0.05) is 30.4 Å². The molecule has 28 heavy (non-hydrogen) atoms. The Morgan fingerprint density at radius 1 is 1.25 bits per heavy atom. The Labute approximate surface area is 183 Å². The molecule has 1 saturated heterocycles. The number of halogens is 2. The van der Waals surface area contributed by atoms with Gasteiger partial charge in [-0.25, -0.2) is 0 Å². The van der Waals surface area contributed by atoms with Crippen molar-refractivity contribution in [2.24, 2.45) is 11.8 Å². The highest BCUT2D eigenvalue weighted by Gasteiger charge is 2.30. The maximum absolute atomic E-state index is 12.6. The number of rotatable bonds is 6. The molecule has 1 aromatic carbocycles. The van der Waals surface area contributed by atoms with Gasteiger partial charge in [-0.15, -0.1) is 36.2 Å². The van der Waals surface area contributed by atoms with Crippen molar-refractivity contribution < 1.29 is 4.79 Å². The minimum Gasteiger partial charge on any atom is -0.354 e. The maximum atomic E-state index is 12.6. The minimum absolute atomic E-state index is 0. The molecule has 2 aliphatic rings. The molecular weight excluding hydrogens is 413 g/mol. The van der Waals surface area contributed by atoms with Gasteiger partial charge in [-0.3, -0.25) is 9.69 Å². The molecule has 0 saturated carbocycles.